The van der Waals surface area contributed by atoms with Gasteiger partial charge in [-0.2, -0.15) is 0 Å². The molecular weight excluding hydrogens is 374 g/mol. The molecule has 0 saturated heterocycles. The second kappa shape index (κ2) is 8.00. The molecule has 152 valence electrons. The molecule has 0 unspecified atom stereocenters. The van der Waals surface area contributed by atoms with E-state index in [1.54, 1.807) is 12.3 Å². The molecule has 0 N–H and O–H groups in total. The van der Waals surface area contributed by atoms with E-state index in [1.165, 1.54) is 38.2 Å². The topological polar surface area (TPSA) is 12.9 Å². The van der Waals surface area contributed by atoms with Crippen molar-refractivity contribution >= 4 is 21.5 Å². The Kier molecular flexibility index (Phi) is 4.45. The predicted molar refractivity (Wildman–Crippen MR) is 133 cm³/mol. The smallest absolute Gasteiger partial charge is 0.0704 e. The number of hydrogen-bond donors (Lipinski definition) is 0. The summed E-state index contributed by atoms with van der Waals surface area (Å²) < 4.78 is 17.0. The van der Waals surface area contributed by atoms with Gasteiger partial charge in [-0.25, -0.2) is 0 Å². The Morgan fingerprint density at radius 2 is 1.45 bits per heavy atom. The van der Waals surface area contributed by atoms with Crippen LogP contribution in [0.15, 0.2) is 91.1 Å². The first-order valence-electron chi connectivity index (χ1n) is 11.9. The largest absolute Gasteiger partial charge is 0.256 e. The highest BCUT2D eigenvalue weighted by atomic mass is 14.7. The molecule has 0 radical (unpaired) electrons. The summed E-state index contributed by atoms with van der Waals surface area (Å²) in [6.07, 6.45) is 0.318. The second-order valence-electron chi connectivity index (χ2n) is 8.40. The van der Waals surface area contributed by atoms with Crippen LogP contribution in [-0.2, 0) is 6.37 Å². The maximum Gasteiger partial charge on any atom is 0.0704 e. The number of aromatic nitrogens is 1. The molecule has 5 rings (SSSR count). The molecule has 1 heterocycles. The van der Waals surface area contributed by atoms with Gasteiger partial charge in [0.2, 0.25) is 0 Å². The molecule has 1 aromatic heterocycles. The predicted octanol–water partition coefficient (Wildman–Crippen LogP) is 8.23. The molecular formula is C30H27N. The summed E-state index contributed by atoms with van der Waals surface area (Å²) in [4.78, 5) is 4.60. The lowest BCUT2D eigenvalue weighted by Crippen LogP contribution is -1.95. The van der Waals surface area contributed by atoms with Crippen molar-refractivity contribution in [1.82, 2.24) is 4.98 Å². The maximum absolute atomic E-state index is 8.50. The van der Waals surface area contributed by atoms with Crippen LogP contribution in [0.5, 0.6) is 0 Å². The van der Waals surface area contributed by atoms with Crippen molar-refractivity contribution in [2.24, 2.45) is 5.92 Å². The molecule has 0 saturated carbocycles. The van der Waals surface area contributed by atoms with Crippen molar-refractivity contribution in [1.29, 1.82) is 0 Å². The minimum atomic E-state index is -1.40. The molecule has 0 atom stereocenters. The molecule has 1 nitrogen and oxygen atoms in total. The zero-order valence-corrected chi connectivity index (χ0v) is 18.2. The van der Waals surface area contributed by atoms with Crippen LogP contribution in [0.25, 0.3) is 43.9 Å². The van der Waals surface area contributed by atoms with Gasteiger partial charge in [-0.1, -0.05) is 80.6 Å². The third kappa shape index (κ3) is 3.61. The molecule has 0 amide bonds. The molecule has 0 aliphatic heterocycles. The van der Waals surface area contributed by atoms with Crippen LogP contribution in [0, 0.1) is 12.8 Å². The number of aryl methyl sites for hydroxylation is 1. The first kappa shape index (κ1) is 17.3. The van der Waals surface area contributed by atoms with E-state index in [0.717, 1.165) is 11.3 Å². The van der Waals surface area contributed by atoms with Gasteiger partial charge in [0.25, 0.3) is 0 Å². The second-order valence-corrected chi connectivity index (χ2v) is 8.40. The van der Waals surface area contributed by atoms with Gasteiger partial charge < -0.3 is 0 Å². The van der Waals surface area contributed by atoms with Gasteiger partial charge in [0.1, 0.15) is 0 Å². The maximum atomic E-state index is 8.50. The molecule has 31 heavy (non-hydrogen) atoms. The molecule has 0 aliphatic carbocycles. The molecule has 1 heteroatoms. The number of nitrogens with zero attached hydrogens (tertiary/aromatic N) is 1. The Labute approximate surface area is 187 Å². The van der Waals surface area contributed by atoms with Crippen LogP contribution in [0.4, 0.5) is 0 Å². The lowest BCUT2D eigenvalue weighted by molar-refractivity contribution is 0.647. The van der Waals surface area contributed by atoms with Crippen LogP contribution < -0.4 is 0 Å². The summed E-state index contributed by atoms with van der Waals surface area (Å²) in [5.41, 5.74) is 6.18. The van der Waals surface area contributed by atoms with E-state index >= 15 is 0 Å². The van der Waals surface area contributed by atoms with Gasteiger partial charge in [0.15, 0.2) is 0 Å². The van der Waals surface area contributed by atoms with E-state index in [0.29, 0.717) is 5.56 Å². The summed E-state index contributed by atoms with van der Waals surface area (Å²) in [7, 11) is 0. The van der Waals surface area contributed by atoms with Crippen molar-refractivity contribution in [2.75, 3.05) is 0 Å². The Morgan fingerprint density at radius 3 is 2.23 bits per heavy atom. The van der Waals surface area contributed by atoms with Crippen LogP contribution in [0.1, 0.15) is 27.7 Å². The van der Waals surface area contributed by atoms with Crippen molar-refractivity contribution < 1.29 is 2.74 Å². The van der Waals surface area contributed by atoms with Crippen LogP contribution in [0.3, 0.4) is 0 Å². The van der Waals surface area contributed by atoms with Gasteiger partial charge in [-0.05, 0) is 81.2 Å². The Hall–Kier alpha value is -3.45. The molecule has 0 fully saturated rings. The van der Waals surface area contributed by atoms with Crippen molar-refractivity contribution in [3.05, 3.63) is 102 Å². The fourth-order valence-electron chi connectivity index (χ4n) is 4.51. The highest BCUT2D eigenvalue weighted by molar-refractivity contribution is 6.16. The minimum absolute atomic E-state index is 0.119. The van der Waals surface area contributed by atoms with Crippen LogP contribution in [0.2, 0.25) is 0 Å². The molecule has 4 aromatic carbocycles. The van der Waals surface area contributed by atoms with Crippen LogP contribution >= 0.6 is 0 Å². The van der Waals surface area contributed by atoms with Gasteiger partial charge in [-0.15, -0.1) is 0 Å². The number of pyridine rings is 1. The highest BCUT2D eigenvalue weighted by Crippen LogP contribution is 2.39. The van der Waals surface area contributed by atoms with E-state index in [9.17, 15) is 0 Å². The fraction of sp³-hybridized carbons (Fsp3) is 0.167. The molecule has 0 spiro atoms. The Balaban J connectivity index is 1.76. The Bertz CT molecular complexity index is 1470. The van der Waals surface area contributed by atoms with Gasteiger partial charge in [0.05, 0.1) is 5.69 Å². The van der Waals surface area contributed by atoms with Gasteiger partial charge in [0, 0.05) is 14.5 Å². The molecule has 0 aliphatic rings. The minimum Gasteiger partial charge on any atom is -0.256 e. The molecule has 5 aromatic rings. The highest BCUT2D eigenvalue weighted by Gasteiger charge is 2.14. The Morgan fingerprint density at radius 1 is 0.742 bits per heavy atom. The van der Waals surface area contributed by atoms with Gasteiger partial charge >= 0.3 is 0 Å². The monoisotopic (exact) mass is 403 g/mol. The SMILES string of the molecule is [2H]C([2H])(c1ccnc(-c2ccc3c(c2)c(C)c(-c2ccccc2)c2ccccc23)c1)C(C)C. The lowest BCUT2D eigenvalue weighted by atomic mass is 9.88. The zero-order chi connectivity index (χ0) is 23.2. The first-order valence-corrected chi connectivity index (χ1v) is 10.9. The van der Waals surface area contributed by atoms with E-state index in [1.807, 2.05) is 19.9 Å². The van der Waals surface area contributed by atoms with E-state index in [2.05, 4.69) is 84.7 Å². The number of rotatable bonds is 4. The number of fused-ring (bicyclic) bond motifs is 3. The standard InChI is InChI=1S/C30H27N/c1-20(2)17-22-15-16-31-29(18-22)24-13-14-26-25-11-7-8-12-27(25)30(21(3)28(26)19-24)23-9-5-4-6-10-23/h4-16,18-20H,17H2,1-3H3/i17D2. The van der Waals surface area contributed by atoms with E-state index < -0.39 is 6.37 Å². The third-order valence-corrected chi connectivity index (χ3v) is 5.86. The van der Waals surface area contributed by atoms with Crippen LogP contribution in [-0.4, -0.2) is 4.98 Å². The van der Waals surface area contributed by atoms with E-state index in [4.69, 9.17) is 2.74 Å². The summed E-state index contributed by atoms with van der Waals surface area (Å²) in [5, 5.41) is 4.91. The van der Waals surface area contributed by atoms with Crippen molar-refractivity contribution in [2.45, 2.75) is 27.1 Å². The summed E-state index contributed by atoms with van der Waals surface area (Å²) in [5.74, 6) is -0.119. The quantitative estimate of drug-likeness (QED) is 0.275. The number of benzene rings is 4. The van der Waals surface area contributed by atoms with Crippen molar-refractivity contribution in [3.63, 3.8) is 0 Å². The average Bonchev–Trinajstić information content (AvgIpc) is 2.84. The summed E-state index contributed by atoms with van der Waals surface area (Å²) in [6.45, 7) is 6.02. The zero-order valence-electron chi connectivity index (χ0n) is 20.2. The fourth-order valence-corrected chi connectivity index (χ4v) is 4.51. The summed E-state index contributed by atoms with van der Waals surface area (Å²) in [6, 6.07) is 29.3. The third-order valence-electron chi connectivity index (χ3n) is 5.86. The van der Waals surface area contributed by atoms with Gasteiger partial charge in [-0.3, -0.25) is 4.98 Å². The lowest BCUT2D eigenvalue weighted by Gasteiger charge is -2.16. The normalized spacial score (nSPS) is 12.9. The molecule has 0 bridgehead atoms. The first-order chi connectivity index (χ1) is 15.9. The van der Waals surface area contributed by atoms with E-state index in [-0.39, 0.29) is 5.92 Å². The average molecular weight is 404 g/mol. The van der Waals surface area contributed by atoms with Crippen molar-refractivity contribution in [3.8, 4) is 22.4 Å². The summed E-state index contributed by atoms with van der Waals surface area (Å²) >= 11 is 0. The number of hydrogen-bond acceptors (Lipinski definition) is 1.